The Morgan fingerprint density at radius 3 is 1.73 bits per heavy atom. The van der Waals surface area contributed by atoms with Gasteiger partial charge in [0.05, 0.1) is 0 Å². The molecule has 0 unspecified atom stereocenters. The van der Waals surface area contributed by atoms with Gasteiger partial charge >= 0.3 is 11.9 Å². The van der Waals surface area contributed by atoms with Gasteiger partial charge in [-0.05, 0) is 24.0 Å². The van der Waals surface area contributed by atoms with Gasteiger partial charge in [0.15, 0.2) is 0 Å². The van der Waals surface area contributed by atoms with E-state index >= 15 is 0 Å². The number of hydrogen-bond acceptors (Lipinski definition) is 2. The summed E-state index contributed by atoms with van der Waals surface area (Å²) in [7, 11) is 0. The third-order valence-electron chi connectivity index (χ3n) is 2.14. The van der Waals surface area contributed by atoms with E-state index in [1.807, 2.05) is 0 Å². The third-order valence-corrected chi connectivity index (χ3v) is 2.14. The van der Waals surface area contributed by atoms with Crippen LogP contribution in [0.4, 0.5) is 0 Å². The molecule has 1 rings (SSSR count). The molecule has 0 aliphatic heterocycles. The van der Waals surface area contributed by atoms with Gasteiger partial charge in [-0.3, -0.25) is 9.59 Å². The first-order valence-corrected chi connectivity index (χ1v) is 4.67. The lowest BCUT2D eigenvalue weighted by molar-refractivity contribution is -0.138. The van der Waals surface area contributed by atoms with Crippen LogP contribution in [0.15, 0.2) is 12.4 Å². The summed E-state index contributed by atoms with van der Waals surface area (Å²) >= 11 is 0. The predicted molar refractivity (Wildman–Crippen MR) is 52.7 cm³/mol. The molecule has 5 heteroatoms. The topological polar surface area (TPSA) is 90.4 Å². The molecule has 15 heavy (non-hydrogen) atoms. The third kappa shape index (κ3) is 3.84. The maximum atomic E-state index is 10.4. The van der Waals surface area contributed by atoms with Crippen LogP contribution >= 0.6 is 0 Å². The fourth-order valence-electron chi connectivity index (χ4n) is 1.38. The van der Waals surface area contributed by atoms with Gasteiger partial charge in [-0.25, -0.2) is 0 Å². The average Bonchev–Trinajstić information content (AvgIpc) is 2.58. The van der Waals surface area contributed by atoms with Gasteiger partial charge in [0, 0.05) is 25.2 Å². The molecule has 0 radical (unpaired) electrons. The van der Waals surface area contributed by atoms with Crippen LogP contribution in [-0.2, 0) is 22.4 Å². The number of H-pyrrole nitrogens is 1. The maximum Gasteiger partial charge on any atom is 0.303 e. The molecule has 0 amide bonds. The first-order valence-electron chi connectivity index (χ1n) is 4.67. The molecule has 0 spiro atoms. The summed E-state index contributed by atoms with van der Waals surface area (Å²) in [4.78, 5) is 23.6. The molecule has 0 aliphatic rings. The summed E-state index contributed by atoms with van der Waals surface area (Å²) in [6.45, 7) is 0. The molecule has 82 valence electrons. The number of aromatic nitrogens is 1. The molecule has 1 heterocycles. The predicted octanol–water partition coefficient (Wildman–Crippen LogP) is 1.05. The van der Waals surface area contributed by atoms with Crippen LogP contribution in [-0.4, -0.2) is 27.1 Å². The van der Waals surface area contributed by atoms with E-state index in [0.717, 1.165) is 11.1 Å². The minimum atomic E-state index is -0.847. The lowest BCUT2D eigenvalue weighted by atomic mass is 10.0. The largest absolute Gasteiger partial charge is 0.481 e. The van der Waals surface area contributed by atoms with Crippen molar-refractivity contribution in [3.05, 3.63) is 23.5 Å². The Kier molecular flexibility index (Phi) is 3.91. The van der Waals surface area contributed by atoms with Crippen LogP contribution in [0.3, 0.4) is 0 Å². The summed E-state index contributed by atoms with van der Waals surface area (Å²) in [5.41, 5.74) is 1.78. The molecule has 0 atom stereocenters. The van der Waals surface area contributed by atoms with E-state index in [4.69, 9.17) is 10.2 Å². The van der Waals surface area contributed by atoms with Crippen molar-refractivity contribution in [2.75, 3.05) is 0 Å². The quantitative estimate of drug-likeness (QED) is 0.656. The highest BCUT2D eigenvalue weighted by molar-refractivity contribution is 5.68. The van der Waals surface area contributed by atoms with Crippen LogP contribution in [0.25, 0.3) is 0 Å². The zero-order chi connectivity index (χ0) is 11.3. The Hall–Kier alpha value is -1.78. The fraction of sp³-hybridized carbons (Fsp3) is 0.400. The van der Waals surface area contributed by atoms with Gasteiger partial charge in [-0.15, -0.1) is 0 Å². The number of rotatable bonds is 6. The van der Waals surface area contributed by atoms with E-state index in [9.17, 15) is 9.59 Å². The van der Waals surface area contributed by atoms with Gasteiger partial charge < -0.3 is 15.2 Å². The molecule has 5 nitrogen and oxygen atoms in total. The Morgan fingerprint density at radius 1 is 1.00 bits per heavy atom. The Morgan fingerprint density at radius 2 is 1.40 bits per heavy atom. The van der Waals surface area contributed by atoms with Crippen molar-refractivity contribution >= 4 is 11.9 Å². The maximum absolute atomic E-state index is 10.4. The number of nitrogens with one attached hydrogen (secondary N) is 1. The van der Waals surface area contributed by atoms with E-state index in [1.165, 1.54) is 0 Å². The molecule has 1 aromatic rings. The van der Waals surface area contributed by atoms with Crippen LogP contribution < -0.4 is 0 Å². The monoisotopic (exact) mass is 211 g/mol. The normalized spacial score (nSPS) is 10.1. The lowest BCUT2D eigenvalue weighted by Gasteiger charge is -2.00. The number of hydrogen-bond donors (Lipinski definition) is 3. The summed E-state index contributed by atoms with van der Waals surface area (Å²) in [5, 5.41) is 17.0. The molecule has 0 bridgehead atoms. The van der Waals surface area contributed by atoms with Gasteiger partial charge in [-0.2, -0.15) is 0 Å². The van der Waals surface area contributed by atoms with Crippen LogP contribution in [0.2, 0.25) is 0 Å². The highest BCUT2D eigenvalue weighted by Gasteiger charge is 2.07. The Balaban J connectivity index is 2.53. The summed E-state index contributed by atoms with van der Waals surface area (Å²) < 4.78 is 0. The molecule has 0 saturated carbocycles. The second-order valence-electron chi connectivity index (χ2n) is 3.29. The van der Waals surface area contributed by atoms with Gasteiger partial charge in [0.25, 0.3) is 0 Å². The van der Waals surface area contributed by atoms with Gasteiger partial charge in [-0.1, -0.05) is 0 Å². The minimum Gasteiger partial charge on any atom is -0.481 e. The molecular formula is C10H13NO4. The first kappa shape index (κ1) is 11.3. The summed E-state index contributed by atoms with van der Waals surface area (Å²) in [5.74, 6) is -1.69. The van der Waals surface area contributed by atoms with E-state index < -0.39 is 11.9 Å². The van der Waals surface area contributed by atoms with Crippen molar-refractivity contribution in [1.29, 1.82) is 0 Å². The highest BCUT2D eigenvalue weighted by atomic mass is 16.4. The molecular weight excluding hydrogens is 198 g/mol. The zero-order valence-electron chi connectivity index (χ0n) is 8.19. The zero-order valence-corrected chi connectivity index (χ0v) is 8.19. The SMILES string of the molecule is O=C(O)CCc1c[nH]cc1CCC(=O)O. The molecule has 3 N–H and O–H groups in total. The molecule has 0 aromatic carbocycles. The second-order valence-corrected chi connectivity index (χ2v) is 3.29. The number of carbonyl (C=O) groups is 2. The van der Waals surface area contributed by atoms with Crippen LogP contribution in [0.1, 0.15) is 24.0 Å². The fourth-order valence-corrected chi connectivity index (χ4v) is 1.38. The minimum absolute atomic E-state index is 0.0674. The molecule has 0 fully saturated rings. The molecule has 0 aliphatic carbocycles. The lowest BCUT2D eigenvalue weighted by Crippen LogP contribution is -2.01. The van der Waals surface area contributed by atoms with E-state index in [1.54, 1.807) is 12.4 Å². The summed E-state index contributed by atoms with van der Waals surface area (Å²) in [6, 6.07) is 0. The average molecular weight is 211 g/mol. The number of carboxylic acid groups (broad SMARTS) is 2. The number of aromatic amines is 1. The van der Waals surface area contributed by atoms with Crippen molar-refractivity contribution < 1.29 is 19.8 Å². The van der Waals surface area contributed by atoms with Crippen molar-refractivity contribution in [3.8, 4) is 0 Å². The highest BCUT2D eigenvalue weighted by Crippen LogP contribution is 2.12. The van der Waals surface area contributed by atoms with Gasteiger partial charge in [0.2, 0.25) is 0 Å². The van der Waals surface area contributed by atoms with Crippen molar-refractivity contribution in [3.63, 3.8) is 0 Å². The van der Waals surface area contributed by atoms with Crippen molar-refractivity contribution in [2.45, 2.75) is 25.7 Å². The number of carboxylic acids is 2. The molecule has 0 saturated heterocycles. The van der Waals surface area contributed by atoms with E-state index in [2.05, 4.69) is 4.98 Å². The molecule has 1 aromatic heterocycles. The van der Waals surface area contributed by atoms with E-state index in [0.29, 0.717) is 12.8 Å². The van der Waals surface area contributed by atoms with Gasteiger partial charge in [0.1, 0.15) is 0 Å². The first-order chi connectivity index (χ1) is 7.09. The van der Waals surface area contributed by atoms with E-state index in [-0.39, 0.29) is 12.8 Å². The number of aliphatic carboxylic acids is 2. The summed E-state index contributed by atoms with van der Waals surface area (Å²) in [6.07, 6.45) is 4.46. The number of aryl methyl sites for hydroxylation is 2. The Labute approximate surface area is 86.7 Å². The van der Waals surface area contributed by atoms with Crippen LogP contribution in [0.5, 0.6) is 0 Å². The van der Waals surface area contributed by atoms with Crippen molar-refractivity contribution in [1.82, 2.24) is 4.98 Å². The smallest absolute Gasteiger partial charge is 0.303 e. The Bertz CT molecular complexity index is 324. The second kappa shape index (κ2) is 5.19. The van der Waals surface area contributed by atoms with Crippen LogP contribution in [0, 0.1) is 0 Å². The standard InChI is InChI=1S/C10H13NO4/c12-9(13)3-1-7-5-11-6-8(7)2-4-10(14)15/h5-6,11H,1-4H2,(H,12,13)(H,14,15). The van der Waals surface area contributed by atoms with Crippen molar-refractivity contribution in [2.24, 2.45) is 0 Å².